The van der Waals surface area contributed by atoms with Gasteiger partial charge in [0.15, 0.2) is 5.11 Å². The first-order chi connectivity index (χ1) is 10.1. The van der Waals surface area contributed by atoms with Crippen LogP contribution in [0.25, 0.3) is 10.8 Å². The number of nitrogens with one attached hydrogen (secondary N) is 1. The number of thiocarbonyl (C=S) groups is 1. The molecule has 0 aromatic heterocycles. The van der Waals surface area contributed by atoms with Gasteiger partial charge >= 0.3 is 0 Å². The molecule has 0 bridgehead atoms. The van der Waals surface area contributed by atoms with E-state index in [1.165, 1.54) is 16.3 Å². The number of nitrogens with two attached hydrogens (primary N) is 1. The van der Waals surface area contributed by atoms with Gasteiger partial charge in [0.05, 0.1) is 0 Å². The van der Waals surface area contributed by atoms with Crippen molar-refractivity contribution in [2.75, 3.05) is 0 Å². The Kier molecular flexibility index (Phi) is 3.88. The van der Waals surface area contributed by atoms with Crippen LogP contribution in [-0.4, -0.2) is 11.0 Å². The third-order valence-electron chi connectivity index (χ3n) is 4.31. The van der Waals surface area contributed by atoms with Gasteiger partial charge in [-0.1, -0.05) is 42.5 Å². The third-order valence-corrected chi connectivity index (χ3v) is 4.42. The fourth-order valence-electron chi connectivity index (χ4n) is 3.33. The molecule has 3 rings (SSSR count). The van der Waals surface area contributed by atoms with E-state index in [-0.39, 0.29) is 16.9 Å². The minimum Gasteiger partial charge on any atom is -0.376 e. The zero-order valence-corrected chi connectivity index (χ0v) is 12.5. The Morgan fingerprint density at radius 1 is 1.14 bits per heavy atom. The molecule has 2 unspecified atom stereocenters. The molecule has 21 heavy (non-hydrogen) atoms. The molecular weight excluding hydrogens is 280 g/mol. The average molecular weight is 298 g/mol. The Morgan fingerprint density at radius 3 is 2.71 bits per heavy atom. The number of carbonyl (C=O) groups is 1. The molecule has 2 atom stereocenters. The van der Waals surface area contributed by atoms with Crippen molar-refractivity contribution >= 4 is 34.0 Å². The van der Waals surface area contributed by atoms with Crippen LogP contribution in [0.5, 0.6) is 0 Å². The summed E-state index contributed by atoms with van der Waals surface area (Å²) in [6, 6.07) is 14.8. The number of hydrogen-bond acceptors (Lipinski definition) is 2. The Balaban J connectivity index is 1.82. The fourth-order valence-corrected chi connectivity index (χ4v) is 3.43. The summed E-state index contributed by atoms with van der Waals surface area (Å²) < 4.78 is 0. The van der Waals surface area contributed by atoms with Gasteiger partial charge in [0, 0.05) is 5.92 Å². The summed E-state index contributed by atoms with van der Waals surface area (Å²) in [4.78, 5) is 12.0. The van der Waals surface area contributed by atoms with Crippen LogP contribution in [-0.2, 0) is 4.79 Å². The quantitative estimate of drug-likeness (QED) is 0.838. The van der Waals surface area contributed by atoms with Crippen molar-refractivity contribution in [1.29, 1.82) is 0 Å². The van der Waals surface area contributed by atoms with Gasteiger partial charge in [-0.2, -0.15) is 0 Å². The van der Waals surface area contributed by atoms with Gasteiger partial charge in [0.25, 0.3) is 0 Å². The Labute approximate surface area is 129 Å². The SMILES string of the molecule is NC(=S)NC(=O)C1CCC(c2cccc3ccccc23)C1. The molecular formula is C17H18N2OS. The Morgan fingerprint density at radius 2 is 1.90 bits per heavy atom. The van der Waals surface area contributed by atoms with Gasteiger partial charge in [-0.25, -0.2) is 0 Å². The summed E-state index contributed by atoms with van der Waals surface area (Å²) in [6.07, 6.45) is 2.79. The number of rotatable bonds is 2. The van der Waals surface area contributed by atoms with Gasteiger partial charge in [0.2, 0.25) is 5.91 Å². The monoisotopic (exact) mass is 298 g/mol. The van der Waals surface area contributed by atoms with Gasteiger partial charge in [-0.3, -0.25) is 4.79 Å². The maximum atomic E-state index is 12.0. The molecule has 2 aromatic rings. The number of fused-ring (bicyclic) bond motifs is 1. The topological polar surface area (TPSA) is 55.1 Å². The van der Waals surface area contributed by atoms with E-state index in [9.17, 15) is 4.79 Å². The average Bonchev–Trinajstić information content (AvgIpc) is 2.95. The first-order valence-corrected chi connectivity index (χ1v) is 7.64. The van der Waals surface area contributed by atoms with Crippen molar-refractivity contribution in [2.24, 2.45) is 11.7 Å². The van der Waals surface area contributed by atoms with Crippen molar-refractivity contribution in [3.63, 3.8) is 0 Å². The molecule has 3 N–H and O–H groups in total. The highest BCUT2D eigenvalue weighted by molar-refractivity contribution is 7.80. The maximum absolute atomic E-state index is 12.0. The molecule has 1 saturated carbocycles. The Hall–Kier alpha value is -1.94. The van der Waals surface area contributed by atoms with Crippen molar-refractivity contribution in [3.8, 4) is 0 Å². The van der Waals surface area contributed by atoms with Crippen molar-refractivity contribution < 1.29 is 4.79 Å². The molecule has 0 aliphatic heterocycles. The lowest BCUT2D eigenvalue weighted by Crippen LogP contribution is -2.38. The van der Waals surface area contributed by atoms with Crippen molar-refractivity contribution in [2.45, 2.75) is 25.2 Å². The van der Waals surface area contributed by atoms with Crippen LogP contribution >= 0.6 is 12.2 Å². The number of carbonyl (C=O) groups excluding carboxylic acids is 1. The summed E-state index contributed by atoms with van der Waals surface area (Å²) in [5.74, 6) is 0.402. The fraction of sp³-hybridized carbons (Fsp3) is 0.294. The minimum atomic E-state index is -0.0368. The zero-order valence-electron chi connectivity index (χ0n) is 11.7. The first kappa shape index (κ1) is 14.0. The van der Waals surface area contributed by atoms with Crippen LogP contribution in [0.3, 0.4) is 0 Å². The number of benzene rings is 2. The molecule has 2 aromatic carbocycles. The molecule has 1 amide bonds. The van der Waals surface area contributed by atoms with E-state index >= 15 is 0 Å². The summed E-state index contributed by atoms with van der Waals surface area (Å²) in [7, 11) is 0. The maximum Gasteiger partial charge on any atom is 0.229 e. The molecule has 0 spiro atoms. The van der Waals surface area contributed by atoms with E-state index in [2.05, 4.69) is 47.8 Å². The van der Waals surface area contributed by atoms with Crippen LogP contribution in [0.1, 0.15) is 30.7 Å². The standard InChI is InChI=1S/C17H18N2OS/c18-17(21)19-16(20)13-9-8-12(10-13)15-7-3-5-11-4-1-2-6-14(11)15/h1-7,12-13H,8-10H2,(H3,18,19,20,21). The van der Waals surface area contributed by atoms with E-state index in [4.69, 9.17) is 18.0 Å². The minimum absolute atomic E-state index is 0.00969. The van der Waals surface area contributed by atoms with Crippen LogP contribution < -0.4 is 11.1 Å². The first-order valence-electron chi connectivity index (χ1n) is 7.23. The summed E-state index contributed by atoms with van der Waals surface area (Å²) >= 11 is 4.74. The van der Waals surface area contributed by atoms with E-state index in [1.807, 2.05) is 0 Å². The van der Waals surface area contributed by atoms with Gasteiger partial charge in [0.1, 0.15) is 0 Å². The van der Waals surface area contributed by atoms with Crippen molar-refractivity contribution in [3.05, 3.63) is 48.0 Å². The molecule has 1 fully saturated rings. The molecule has 108 valence electrons. The molecule has 3 nitrogen and oxygen atoms in total. The lowest BCUT2D eigenvalue weighted by molar-refractivity contribution is -0.123. The van der Waals surface area contributed by atoms with Gasteiger partial charge < -0.3 is 11.1 Å². The van der Waals surface area contributed by atoms with Crippen molar-refractivity contribution in [1.82, 2.24) is 5.32 Å². The zero-order chi connectivity index (χ0) is 14.8. The van der Waals surface area contributed by atoms with E-state index in [1.54, 1.807) is 0 Å². The van der Waals surface area contributed by atoms with Crippen LogP contribution in [0, 0.1) is 5.92 Å². The molecule has 0 saturated heterocycles. The highest BCUT2D eigenvalue weighted by Gasteiger charge is 2.31. The highest BCUT2D eigenvalue weighted by Crippen LogP contribution is 2.40. The normalized spacial score (nSPS) is 21.3. The van der Waals surface area contributed by atoms with Crippen LogP contribution in [0.2, 0.25) is 0 Å². The second kappa shape index (κ2) is 5.82. The predicted octanol–water partition coefficient (Wildman–Crippen LogP) is 3.08. The van der Waals surface area contributed by atoms with Gasteiger partial charge in [-0.05, 0) is 53.7 Å². The van der Waals surface area contributed by atoms with E-state index in [0.717, 1.165) is 19.3 Å². The van der Waals surface area contributed by atoms with E-state index < -0.39 is 0 Å². The highest BCUT2D eigenvalue weighted by atomic mass is 32.1. The third kappa shape index (κ3) is 2.90. The van der Waals surface area contributed by atoms with E-state index in [0.29, 0.717) is 5.92 Å². The van der Waals surface area contributed by atoms with Crippen LogP contribution in [0.4, 0.5) is 0 Å². The lowest BCUT2D eigenvalue weighted by atomic mass is 9.91. The second-order valence-corrected chi connectivity index (χ2v) is 6.07. The second-order valence-electron chi connectivity index (χ2n) is 5.63. The molecule has 1 aliphatic carbocycles. The summed E-state index contributed by atoms with van der Waals surface area (Å²) in [5.41, 5.74) is 6.73. The number of hydrogen-bond donors (Lipinski definition) is 2. The Bertz CT molecular complexity index is 693. The molecule has 0 heterocycles. The smallest absolute Gasteiger partial charge is 0.229 e. The lowest BCUT2D eigenvalue weighted by Gasteiger charge is -2.14. The predicted molar refractivity (Wildman–Crippen MR) is 89.0 cm³/mol. The molecule has 0 radical (unpaired) electrons. The molecule has 1 aliphatic rings. The molecule has 4 heteroatoms. The van der Waals surface area contributed by atoms with Crippen LogP contribution in [0.15, 0.2) is 42.5 Å². The van der Waals surface area contributed by atoms with Gasteiger partial charge in [-0.15, -0.1) is 0 Å². The number of amides is 1. The summed E-state index contributed by atoms with van der Waals surface area (Å²) in [5, 5.41) is 5.18. The summed E-state index contributed by atoms with van der Waals surface area (Å²) in [6.45, 7) is 0. The largest absolute Gasteiger partial charge is 0.376 e.